The van der Waals surface area contributed by atoms with Crippen LogP contribution in [0.1, 0.15) is 11.4 Å². The highest BCUT2D eigenvalue weighted by Gasteiger charge is 2.14. The monoisotopic (exact) mass is 481 g/mol. The molecule has 9 heteroatoms. The lowest BCUT2D eigenvalue weighted by molar-refractivity contribution is 0.301. The van der Waals surface area contributed by atoms with Crippen LogP contribution in [0.2, 0.25) is 5.02 Å². The Morgan fingerprint density at radius 2 is 1.79 bits per heavy atom. The molecule has 2 heterocycles. The average Bonchev–Trinajstić information content (AvgIpc) is 2.79. The number of anilines is 3. The zero-order chi connectivity index (χ0) is 24.2. The summed E-state index contributed by atoms with van der Waals surface area (Å²) >= 11 is 5.85. The lowest BCUT2D eigenvalue weighted by Crippen LogP contribution is -2.24. The average molecular weight is 482 g/mol. The molecular formula is C25H25ClFN5O2. The van der Waals surface area contributed by atoms with Crippen molar-refractivity contribution < 1.29 is 13.9 Å². The Morgan fingerprint density at radius 1 is 1.03 bits per heavy atom. The van der Waals surface area contributed by atoms with E-state index >= 15 is 0 Å². The van der Waals surface area contributed by atoms with Crippen LogP contribution in [0.3, 0.4) is 0 Å². The maximum atomic E-state index is 14.3. The Morgan fingerprint density at radius 3 is 2.50 bits per heavy atom. The predicted octanol–water partition coefficient (Wildman–Crippen LogP) is 5.70. The van der Waals surface area contributed by atoms with Crippen molar-refractivity contribution in [2.75, 3.05) is 37.5 Å². The first-order valence-corrected chi connectivity index (χ1v) is 11.1. The van der Waals surface area contributed by atoms with E-state index in [1.807, 2.05) is 33.0 Å². The van der Waals surface area contributed by atoms with Gasteiger partial charge >= 0.3 is 0 Å². The number of pyridine rings is 1. The van der Waals surface area contributed by atoms with Gasteiger partial charge in [-0.2, -0.15) is 0 Å². The van der Waals surface area contributed by atoms with Gasteiger partial charge in [-0.25, -0.2) is 14.4 Å². The minimum atomic E-state index is -0.477. The molecule has 0 aliphatic heterocycles. The summed E-state index contributed by atoms with van der Waals surface area (Å²) in [6, 6.07) is 12.1. The van der Waals surface area contributed by atoms with Crippen LogP contribution in [-0.4, -0.2) is 42.3 Å². The van der Waals surface area contributed by atoms with Crippen LogP contribution >= 0.6 is 11.6 Å². The zero-order valence-electron chi connectivity index (χ0n) is 19.4. The number of benzene rings is 2. The molecule has 0 fully saturated rings. The van der Waals surface area contributed by atoms with E-state index in [0.29, 0.717) is 46.4 Å². The van der Waals surface area contributed by atoms with Gasteiger partial charge in [0, 0.05) is 40.6 Å². The van der Waals surface area contributed by atoms with E-state index in [4.69, 9.17) is 21.1 Å². The number of nitrogens with zero attached hydrogens (tertiary/aromatic N) is 4. The van der Waals surface area contributed by atoms with Gasteiger partial charge in [-0.05, 0) is 50.2 Å². The number of hydrogen-bond donors (Lipinski definition) is 1. The van der Waals surface area contributed by atoms with Crippen molar-refractivity contribution in [1.29, 1.82) is 0 Å². The normalized spacial score (nSPS) is 10.9. The molecular weight excluding hydrogens is 457 g/mol. The van der Waals surface area contributed by atoms with Crippen molar-refractivity contribution in [1.82, 2.24) is 15.0 Å². The van der Waals surface area contributed by atoms with Gasteiger partial charge in [0.1, 0.15) is 24.6 Å². The van der Waals surface area contributed by atoms with Gasteiger partial charge in [-0.3, -0.25) is 4.98 Å². The number of likely N-dealkylation sites (N-methyl/N-ethyl adjacent to an activating group) is 1. The molecule has 2 aromatic heterocycles. The van der Waals surface area contributed by atoms with Gasteiger partial charge in [0.05, 0.1) is 24.9 Å². The molecule has 4 aromatic rings. The smallest absolute Gasteiger partial charge is 0.163 e. The van der Waals surface area contributed by atoms with Gasteiger partial charge in [0.2, 0.25) is 0 Å². The Hall–Kier alpha value is -3.65. The molecule has 0 amide bonds. The first-order chi connectivity index (χ1) is 16.3. The lowest BCUT2D eigenvalue weighted by atomic mass is 10.2. The second kappa shape index (κ2) is 10.1. The van der Waals surface area contributed by atoms with Crippen LogP contribution in [0.5, 0.6) is 11.5 Å². The van der Waals surface area contributed by atoms with Crippen LogP contribution < -0.4 is 19.7 Å². The zero-order valence-corrected chi connectivity index (χ0v) is 20.2. The van der Waals surface area contributed by atoms with E-state index in [9.17, 15) is 4.39 Å². The largest absolute Gasteiger partial charge is 0.493 e. The third-order valence-corrected chi connectivity index (χ3v) is 5.53. The van der Waals surface area contributed by atoms with Crippen LogP contribution in [-0.2, 0) is 0 Å². The highest BCUT2D eigenvalue weighted by molar-refractivity contribution is 6.30. The lowest BCUT2D eigenvalue weighted by Gasteiger charge is -2.21. The van der Waals surface area contributed by atoms with E-state index in [1.54, 1.807) is 31.4 Å². The molecule has 0 saturated carbocycles. The molecule has 1 N–H and O–H groups in total. The molecule has 0 radical (unpaired) electrons. The van der Waals surface area contributed by atoms with Gasteiger partial charge in [0.25, 0.3) is 0 Å². The number of hydrogen-bond acceptors (Lipinski definition) is 7. The molecule has 34 heavy (non-hydrogen) atoms. The number of rotatable bonds is 8. The first-order valence-electron chi connectivity index (χ1n) is 10.7. The molecule has 2 aromatic carbocycles. The summed E-state index contributed by atoms with van der Waals surface area (Å²) in [5.41, 5.74) is 3.92. The van der Waals surface area contributed by atoms with Crippen molar-refractivity contribution in [3.63, 3.8) is 0 Å². The second-order valence-corrected chi connectivity index (χ2v) is 8.31. The maximum Gasteiger partial charge on any atom is 0.163 e. The molecule has 0 bridgehead atoms. The standard InChI is InChI=1S/C25H25ClFN5O2/c1-15-9-18(10-16(2)30-15)32(3)7-8-34-24-13-22-19(12-23(24)33-4)25(29-14-28-22)31-21-6-5-17(26)11-20(21)27/h5-6,9-14H,7-8H2,1-4H3,(H,28,29,31). The third-order valence-electron chi connectivity index (χ3n) is 5.30. The summed E-state index contributed by atoms with van der Waals surface area (Å²) in [7, 11) is 3.58. The van der Waals surface area contributed by atoms with Gasteiger partial charge in [0.15, 0.2) is 11.5 Å². The van der Waals surface area contributed by atoms with Crippen molar-refractivity contribution in [2.45, 2.75) is 13.8 Å². The van der Waals surface area contributed by atoms with Crippen molar-refractivity contribution in [3.8, 4) is 11.5 Å². The molecule has 0 atom stereocenters. The number of methoxy groups -OCH3 is 1. The summed E-state index contributed by atoms with van der Waals surface area (Å²) in [6.45, 7) is 5.06. The Bertz CT molecular complexity index is 1310. The van der Waals surface area contributed by atoms with E-state index < -0.39 is 5.82 Å². The van der Waals surface area contributed by atoms with E-state index in [0.717, 1.165) is 17.1 Å². The van der Waals surface area contributed by atoms with E-state index in [1.165, 1.54) is 12.4 Å². The topological polar surface area (TPSA) is 72.4 Å². The summed E-state index contributed by atoms with van der Waals surface area (Å²) < 4.78 is 25.9. The Balaban J connectivity index is 1.53. The molecule has 0 saturated heterocycles. The van der Waals surface area contributed by atoms with Crippen molar-refractivity contribution in [3.05, 3.63) is 71.0 Å². The van der Waals surface area contributed by atoms with Gasteiger partial charge in [-0.1, -0.05) is 11.6 Å². The number of fused-ring (bicyclic) bond motifs is 1. The fraction of sp³-hybridized carbons (Fsp3) is 0.240. The molecule has 176 valence electrons. The third kappa shape index (κ3) is 5.28. The van der Waals surface area contributed by atoms with Crippen molar-refractivity contribution >= 4 is 39.7 Å². The maximum absolute atomic E-state index is 14.3. The molecule has 4 rings (SSSR count). The van der Waals surface area contributed by atoms with Crippen molar-refractivity contribution in [2.24, 2.45) is 0 Å². The molecule has 0 aliphatic rings. The van der Waals surface area contributed by atoms with Crippen LogP contribution in [0.25, 0.3) is 10.9 Å². The number of aromatic nitrogens is 3. The summed E-state index contributed by atoms with van der Waals surface area (Å²) in [5, 5.41) is 3.99. The quantitative estimate of drug-likeness (QED) is 0.346. The Labute approximate surface area is 202 Å². The van der Waals surface area contributed by atoms with Crippen LogP contribution in [0.15, 0.2) is 48.8 Å². The van der Waals surface area contributed by atoms with Crippen LogP contribution in [0.4, 0.5) is 21.6 Å². The van der Waals surface area contributed by atoms with Gasteiger partial charge in [-0.15, -0.1) is 0 Å². The fourth-order valence-corrected chi connectivity index (χ4v) is 3.77. The van der Waals surface area contributed by atoms with Crippen LogP contribution in [0, 0.1) is 19.7 Å². The molecule has 0 unspecified atom stereocenters. The molecule has 0 aliphatic carbocycles. The molecule has 7 nitrogen and oxygen atoms in total. The summed E-state index contributed by atoms with van der Waals surface area (Å²) in [4.78, 5) is 15.2. The number of nitrogens with one attached hydrogen (secondary N) is 1. The SMILES string of the molecule is COc1cc2c(Nc3ccc(Cl)cc3F)ncnc2cc1OCCN(C)c1cc(C)nc(C)c1. The van der Waals surface area contributed by atoms with E-state index in [-0.39, 0.29) is 5.69 Å². The number of halogens is 2. The number of ether oxygens (including phenoxy) is 2. The summed E-state index contributed by atoms with van der Waals surface area (Å²) in [6.07, 6.45) is 1.41. The predicted molar refractivity (Wildman–Crippen MR) is 133 cm³/mol. The minimum absolute atomic E-state index is 0.258. The second-order valence-electron chi connectivity index (χ2n) is 7.87. The first kappa shape index (κ1) is 23.5. The fourth-order valence-electron chi connectivity index (χ4n) is 3.61. The highest BCUT2D eigenvalue weighted by Crippen LogP contribution is 2.35. The van der Waals surface area contributed by atoms with Gasteiger partial charge < -0.3 is 19.7 Å². The Kier molecular flexibility index (Phi) is 6.98. The molecule has 0 spiro atoms. The summed E-state index contributed by atoms with van der Waals surface area (Å²) in [5.74, 6) is 1.06. The highest BCUT2D eigenvalue weighted by atomic mass is 35.5. The number of aryl methyl sites for hydroxylation is 2. The van der Waals surface area contributed by atoms with E-state index in [2.05, 4.69) is 25.2 Å². The minimum Gasteiger partial charge on any atom is -0.493 e.